The van der Waals surface area contributed by atoms with Gasteiger partial charge in [0.15, 0.2) is 0 Å². The van der Waals surface area contributed by atoms with Gasteiger partial charge in [0, 0.05) is 6.16 Å². The minimum atomic E-state index is -2.63. The Balaban J connectivity index is 3.78. The number of hydrogen-bond acceptors (Lipinski definition) is 3. The van der Waals surface area contributed by atoms with Crippen molar-refractivity contribution < 1.29 is 4.57 Å². The van der Waals surface area contributed by atoms with Gasteiger partial charge >= 0.3 is 0 Å². The highest BCUT2D eigenvalue weighted by atomic mass is 31.2. The molecule has 0 saturated heterocycles. The summed E-state index contributed by atoms with van der Waals surface area (Å²) in [7, 11) is -2.63. The highest BCUT2D eigenvalue weighted by molar-refractivity contribution is 7.59. The minimum absolute atomic E-state index is 0.472. The normalized spacial score (nSPS) is 11.9. The Hall–Kier alpha value is 0.0700. The topological polar surface area (TPSA) is 93.2 Å². The molecular weight excluding hydrogens is 139 g/mol. The van der Waals surface area contributed by atoms with E-state index in [9.17, 15) is 4.57 Å². The van der Waals surface area contributed by atoms with Crippen LogP contribution in [-0.4, -0.2) is 6.16 Å². The van der Waals surface area contributed by atoms with Gasteiger partial charge in [0.2, 0.25) is 7.44 Å². The molecule has 0 aromatic heterocycles. The number of nitrogens with two attached hydrogens (primary N) is 2. The third kappa shape index (κ3) is 2.93. The molecular formula is C3H13N4OP. The van der Waals surface area contributed by atoms with Crippen LogP contribution < -0.4 is 22.1 Å². The first kappa shape index (κ1) is 9.07. The van der Waals surface area contributed by atoms with Gasteiger partial charge in [-0.15, -0.1) is 0 Å². The van der Waals surface area contributed by atoms with Crippen molar-refractivity contribution in [2.24, 2.45) is 11.7 Å². The van der Waals surface area contributed by atoms with Gasteiger partial charge in [-0.3, -0.25) is 16.3 Å². The fourth-order valence-corrected chi connectivity index (χ4v) is 1.44. The van der Waals surface area contributed by atoms with E-state index in [1.165, 1.54) is 0 Å². The highest BCUT2D eigenvalue weighted by Gasteiger charge is 2.14. The zero-order chi connectivity index (χ0) is 7.33. The molecule has 0 rings (SSSR count). The van der Waals surface area contributed by atoms with Gasteiger partial charge in [0.25, 0.3) is 0 Å². The lowest BCUT2D eigenvalue weighted by molar-refractivity contribution is 0.554. The Morgan fingerprint density at radius 1 is 1.44 bits per heavy atom. The molecule has 0 spiro atoms. The van der Waals surface area contributed by atoms with Gasteiger partial charge in [-0.25, -0.2) is 0 Å². The SMILES string of the molecule is CCCP(=O)(NN)NN. The quantitative estimate of drug-likeness (QED) is 0.248. The Bertz CT molecular complexity index is 108. The maximum absolute atomic E-state index is 11.1. The Labute approximate surface area is 54.6 Å². The van der Waals surface area contributed by atoms with Gasteiger partial charge in [0.05, 0.1) is 0 Å². The summed E-state index contributed by atoms with van der Waals surface area (Å²) in [5.41, 5.74) is 0. The molecule has 0 bridgehead atoms. The lowest BCUT2D eigenvalue weighted by Gasteiger charge is -2.12. The second-order valence-corrected chi connectivity index (χ2v) is 4.16. The highest BCUT2D eigenvalue weighted by Crippen LogP contribution is 2.32. The van der Waals surface area contributed by atoms with Crippen molar-refractivity contribution in [2.75, 3.05) is 6.16 Å². The number of hydrogen-bond donors (Lipinski definition) is 4. The van der Waals surface area contributed by atoms with E-state index in [1.54, 1.807) is 0 Å². The van der Waals surface area contributed by atoms with E-state index < -0.39 is 7.44 Å². The first-order chi connectivity index (χ1) is 4.18. The molecule has 0 aromatic carbocycles. The zero-order valence-corrected chi connectivity index (χ0v) is 6.32. The molecule has 0 radical (unpaired) electrons. The predicted molar refractivity (Wildman–Crippen MR) is 37.4 cm³/mol. The van der Waals surface area contributed by atoms with E-state index >= 15 is 0 Å². The average molecular weight is 152 g/mol. The van der Waals surface area contributed by atoms with E-state index in [-0.39, 0.29) is 0 Å². The molecule has 5 nitrogen and oxygen atoms in total. The van der Waals surface area contributed by atoms with Gasteiger partial charge < -0.3 is 0 Å². The minimum Gasteiger partial charge on any atom is -0.287 e. The van der Waals surface area contributed by atoms with E-state index in [0.29, 0.717) is 6.16 Å². The maximum Gasteiger partial charge on any atom is 0.236 e. The van der Waals surface area contributed by atoms with E-state index in [1.807, 2.05) is 6.92 Å². The summed E-state index contributed by atoms with van der Waals surface area (Å²) in [6, 6.07) is 0. The molecule has 0 fully saturated rings. The van der Waals surface area contributed by atoms with Crippen molar-refractivity contribution >= 4 is 7.44 Å². The van der Waals surface area contributed by atoms with E-state index in [0.717, 1.165) is 6.42 Å². The summed E-state index contributed by atoms with van der Waals surface area (Å²) in [6.45, 7) is 1.90. The predicted octanol–water partition coefficient (Wildman–Crippen LogP) is -0.484. The van der Waals surface area contributed by atoms with Crippen molar-refractivity contribution in [2.45, 2.75) is 13.3 Å². The van der Waals surface area contributed by atoms with Crippen LogP contribution in [0.25, 0.3) is 0 Å². The fraction of sp³-hybridized carbons (Fsp3) is 1.00. The van der Waals surface area contributed by atoms with Gasteiger partial charge in [0.1, 0.15) is 0 Å². The van der Waals surface area contributed by atoms with Gasteiger partial charge in [-0.2, -0.15) is 10.4 Å². The van der Waals surface area contributed by atoms with Crippen molar-refractivity contribution in [3.05, 3.63) is 0 Å². The van der Waals surface area contributed by atoms with Crippen molar-refractivity contribution in [1.29, 1.82) is 0 Å². The lowest BCUT2D eigenvalue weighted by atomic mass is 10.6. The lowest BCUT2D eigenvalue weighted by Crippen LogP contribution is -2.32. The largest absolute Gasteiger partial charge is 0.287 e. The molecule has 0 heterocycles. The molecule has 0 aromatic rings. The van der Waals surface area contributed by atoms with Crippen LogP contribution in [0.3, 0.4) is 0 Å². The van der Waals surface area contributed by atoms with Crippen LogP contribution in [0, 0.1) is 0 Å². The molecule has 6 heteroatoms. The molecule has 0 aliphatic heterocycles. The zero-order valence-electron chi connectivity index (χ0n) is 5.42. The van der Waals surface area contributed by atoms with Crippen LogP contribution >= 0.6 is 7.44 Å². The van der Waals surface area contributed by atoms with Crippen LogP contribution in [0.15, 0.2) is 0 Å². The maximum atomic E-state index is 11.1. The molecule has 0 amide bonds. The molecule has 56 valence electrons. The Morgan fingerprint density at radius 2 is 1.89 bits per heavy atom. The van der Waals surface area contributed by atoms with Crippen LogP contribution in [0.2, 0.25) is 0 Å². The number of rotatable bonds is 4. The molecule has 0 saturated carbocycles. The Morgan fingerprint density at radius 3 is 2.00 bits per heavy atom. The summed E-state index contributed by atoms with van der Waals surface area (Å²) in [5, 5.41) is 4.30. The number of hydrazine groups is 2. The fourth-order valence-electron chi connectivity index (χ4n) is 0.481. The summed E-state index contributed by atoms with van der Waals surface area (Å²) in [6.07, 6.45) is 1.26. The average Bonchev–Trinajstić information content (AvgIpc) is 1.89. The van der Waals surface area contributed by atoms with Crippen LogP contribution in [-0.2, 0) is 4.57 Å². The molecule has 0 unspecified atom stereocenters. The number of nitrogens with one attached hydrogen (secondary N) is 2. The second-order valence-electron chi connectivity index (χ2n) is 1.72. The molecule has 0 aliphatic carbocycles. The van der Waals surface area contributed by atoms with Crippen LogP contribution in [0.5, 0.6) is 0 Å². The summed E-state index contributed by atoms with van der Waals surface area (Å²) in [4.78, 5) is 0. The van der Waals surface area contributed by atoms with E-state index in [4.69, 9.17) is 11.7 Å². The van der Waals surface area contributed by atoms with Crippen LogP contribution in [0.1, 0.15) is 13.3 Å². The first-order valence-corrected chi connectivity index (χ1v) is 4.62. The van der Waals surface area contributed by atoms with Gasteiger partial charge in [-0.1, -0.05) is 6.92 Å². The molecule has 0 atom stereocenters. The smallest absolute Gasteiger partial charge is 0.236 e. The third-order valence-corrected chi connectivity index (χ3v) is 2.87. The molecule has 6 N–H and O–H groups in total. The first-order valence-electron chi connectivity index (χ1n) is 2.73. The summed E-state index contributed by atoms with van der Waals surface area (Å²) >= 11 is 0. The summed E-state index contributed by atoms with van der Waals surface area (Å²) < 4.78 is 11.1. The van der Waals surface area contributed by atoms with E-state index in [2.05, 4.69) is 10.4 Å². The third-order valence-electron chi connectivity index (χ3n) is 0.956. The monoisotopic (exact) mass is 152 g/mol. The molecule has 9 heavy (non-hydrogen) atoms. The van der Waals surface area contributed by atoms with Crippen LogP contribution in [0.4, 0.5) is 0 Å². The second kappa shape index (κ2) is 3.98. The van der Waals surface area contributed by atoms with Crippen molar-refractivity contribution in [1.82, 2.24) is 10.4 Å². The van der Waals surface area contributed by atoms with Crippen molar-refractivity contribution in [3.63, 3.8) is 0 Å². The van der Waals surface area contributed by atoms with Crippen molar-refractivity contribution in [3.8, 4) is 0 Å². The Kier molecular flexibility index (Phi) is 4.01. The summed E-state index contributed by atoms with van der Waals surface area (Å²) in [5.74, 6) is 9.90. The van der Waals surface area contributed by atoms with Gasteiger partial charge in [-0.05, 0) is 6.42 Å². The molecule has 0 aliphatic rings. The standard InChI is InChI=1S/C3H13N4OP/c1-2-3-9(8,6-4)7-5/h2-5H2,1H3,(H2,6,7,8).